The lowest BCUT2D eigenvalue weighted by molar-refractivity contribution is -0.0433. The number of benzene rings is 1. The molecule has 140 valence electrons. The number of hydrogen-bond donors (Lipinski definition) is 0. The third-order valence-electron chi connectivity index (χ3n) is 3.88. The van der Waals surface area contributed by atoms with Crippen molar-refractivity contribution < 1.29 is 23.5 Å². The molecule has 7 heteroatoms. The summed E-state index contributed by atoms with van der Waals surface area (Å²) in [5.41, 5.74) is 1.10. The average molecular weight is 360 g/mol. The van der Waals surface area contributed by atoms with Crippen molar-refractivity contribution in [2.75, 3.05) is 19.7 Å². The van der Waals surface area contributed by atoms with Crippen LogP contribution in [0.1, 0.15) is 38.1 Å². The Balaban J connectivity index is 1.69. The number of ether oxygens (including phenoxy) is 3. The summed E-state index contributed by atoms with van der Waals surface area (Å²) in [4.78, 5) is 14.0. The quantitative estimate of drug-likeness (QED) is 0.821. The van der Waals surface area contributed by atoms with Crippen LogP contribution in [0.4, 0.5) is 4.79 Å². The molecule has 1 amide bonds. The fraction of sp³-hybridized carbons (Fsp3) is 0.474. The van der Waals surface area contributed by atoms with Gasteiger partial charge in [-0.15, -0.1) is 0 Å². The van der Waals surface area contributed by atoms with Crippen LogP contribution < -0.4 is 4.74 Å². The van der Waals surface area contributed by atoms with Crippen molar-refractivity contribution in [3.05, 3.63) is 41.8 Å². The molecule has 3 rings (SSSR count). The molecule has 1 fully saturated rings. The second-order valence-electron chi connectivity index (χ2n) is 7.22. The van der Waals surface area contributed by atoms with Gasteiger partial charge >= 0.3 is 6.09 Å². The minimum absolute atomic E-state index is 0.233. The summed E-state index contributed by atoms with van der Waals surface area (Å²) in [5, 5.41) is 3.80. The zero-order chi connectivity index (χ0) is 18.7. The molecule has 1 aliphatic rings. The summed E-state index contributed by atoms with van der Waals surface area (Å²) in [6.07, 6.45) is 0.908. The molecule has 0 N–H and O–H groups in total. The smallest absolute Gasteiger partial charge is 0.410 e. The highest BCUT2D eigenvalue weighted by Gasteiger charge is 2.29. The van der Waals surface area contributed by atoms with Gasteiger partial charge in [-0.1, -0.05) is 17.3 Å². The Hall–Kier alpha value is -2.54. The fourth-order valence-corrected chi connectivity index (χ4v) is 2.63. The maximum atomic E-state index is 12.3. The predicted molar refractivity (Wildman–Crippen MR) is 94.3 cm³/mol. The number of carbonyl (C=O) groups excluding carboxylic acids is 1. The van der Waals surface area contributed by atoms with E-state index in [-0.39, 0.29) is 12.2 Å². The van der Waals surface area contributed by atoms with Crippen molar-refractivity contribution in [3.8, 4) is 11.5 Å². The zero-order valence-electron chi connectivity index (χ0n) is 15.5. The number of hydrogen-bond acceptors (Lipinski definition) is 6. The summed E-state index contributed by atoms with van der Waals surface area (Å²) in [6.45, 7) is 8.79. The Morgan fingerprint density at radius 1 is 1.35 bits per heavy atom. The van der Waals surface area contributed by atoms with E-state index in [2.05, 4.69) is 5.16 Å². The van der Waals surface area contributed by atoms with E-state index in [0.717, 1.165) is 5.56 Å². The molecule has 2 aromatic rings. The Morgan fingerprint density at radius 3 is 2.85 bits per heavy atom. The maximum absolute atomic E-state index is 12.3. The van der Waals surface area contributed by atoms with Crippen LogP contribution in [0.15, 0.2) is 35.1 Å². The highest BCUT2D eigenvalue weighted by Crippen LogP contribution is 2.29. The number of rotatable bonds is 3. The van der Waals surface area contributed by atoms with E-state index in [1.54, 1.807) is 4.90 Å². The molecule has 1 unspecified atom stereocenters. The summed E-state index contributed by atoms with van der Waals surface area (Å²) in [6, 6.07) is 7.60. The van der Waals surface area contributed by atoms with Crippen molar-refractivity contribution in [3.63, 3.8) is 0 Å². The molecule has 1 aromatic heterocycles. The van der Waals surface area contributed by atoms with Gasteiger partial charge in [-0.2, -0.15) is 0 Å². The van der Waals surface area contributed by atoms with Crippen LogP contribution in [0.2, 0.25) is 0 Å². The van der Waals surface area contributed by atoms with Crippen LogP contribution in [0.3, 0.4) is 0 Å². The third kappa shape index (κ3) is 4.54. The van der Waals surface area contributed by atoms with Crippen molar-refractivity contribution in [1.82, 2.24) is 10.1 Å². The molecule has 0 bridgehead atoms. The minimum Gasteiger partial charge on any atom is -0.452 e. The molecule has 7 nitrogen and oxygen atoms in total. The van der Waals surface area contributed by atoms with Crippen molar-refractivity contribution >= 4 is 6.09 Å². The number of carbonyl (C=O) groups is 1. The van der Waals surface area contributed by atoms with Crippen LogP contribution in [0, 0.1) is 6.92 Å². The van der Waals surface area contributed by atoms with Gasteiger partial charge in [0, 0.05) is 6.54 Å². The molecule has 1 saturated heterocycles. The topological polar surface area (TPSA) is 74.0 Å². The molecule has 0 saturated carbocycles. The monoisotopic (exact) mass is 360 g/mol. The SMILES string of the molecule is Cc1nocc1Oc1cccc(C2CN(C(=O)OC(C)(C)C)CCO2)c1. The Morgan fingerprint density at radius 2 is 2.15 bits per heavy atom. The second kappa shape index (κ2) is 7.37. The summed E-state index contributed by atoms with van der Waals surface area (Å²) < 4.78 is 22.0. The van der Waals surface area contributed by atoms with Gasteiger partial charge in [0.05, 0.1) is 13.2 Å². The van der Waals surface area contributed by atoms with Crippen LogP contribution >= 0.6 is 0 Å². The first-order chi connectivity index (χ1) is 12.3. The highest BCUT2D eigenvalue weighted by atomic mass is 16.6. The van der Waals surface area contributed by atoms with Gasteiger partial charge < -0.3 is 23.6 Å². The van der Waals surface area contributed by atoms with E-state index in [1.165, 1.54) is 6.26 Å². The predicted octanol–water partition coefficient (Wildman–Crippen LogP) is 4.08. The highest BCUT2D eigenvalue weighted by molar-refractivity contribution is 5.68. The molecule has 0 aliphatic carbocycles. The van der Waals surface area contributed by atoms with Gasteiger partial charge in [0.2, 0.25) is 0 Å². The Bertz CT molecular complexity index is 765. The summed E-state index contributed by atoms with van der Waals surface area (Å²) in [5.74, 6) is 1.23. The molecule has 1 atom stereocenters. The number of amides is 1. The largest absolute Gasteiger partial charge is 0.452 e. The Labute approximate surface area is 152 Å². The standard InChI is InChI=1S/C19H24N2O5/c1-13-17(12-24-20-13)25-15-7-5-6-14(10-15)16-11-21(8-9-23-16)18(22)26-19(2,3)4/h5-7,10,12,16H,8-9,11H2,1-4H3. The van der Waals surface area contributed by atoms with Gasteiger partial charge in [0.15, 0.2) is 12.0 Å². The minimum atomic E-state index is -0.519. The molecular formula is C19H24N2O5. The average Bonchev–Trinajstić information content (AvgIpc) is 2.99. The second-order valence-corrected chi connectivity index (χ2v) is 7.22. The van der Waals surface area contributed by atoms with Gasteiger partial charge in [0.25, 0.3) is 0 Å². The molecule has 1 aromatic carbocycles. The number of nitrogens with zero attached hydrogens (tertiary/aromatic N) is 2. The molecule has 2 heterocycles. The van der Waals surface area contributed by atoms with E-state index in [1.807, 2.05) is 52.0 Å². The first-order valence-electron chi connectivity index (χ1n) is 8.60. The first kappa shape index (κ1) is 18.3. The molecule has 1 aliphatic heterocycles. The van der Waals surface area contributed by atoms with Gasteiger partial charge in [0.1, 0.15) is 23.1 Å². The van der Waals surface area contributed by atoms with E-state index in [9.17, 15) is 4.79 Å². The van der Waals surface area contributed by atoms with E-state index in [4.69, 9.17) is 18.7 Å². The van der Waals surface area contributed by atoms with Crippen molar-refractivity contribution in [2.24, 2.45) is 0 Å². The zero-order valence-corrected chi connectivity index (χ0v) is 15.5. The summed E-state index contributed by atoms with van der Waals surface area (Å²) in [7, 11) is 0. The van der Waals surface area contributed by atoms with E-state index >= 15 is 0 Å². The molecule has 0 spiro atoms. The van der Waals surface area contributed by atoms with E-state index < -0.39 is 5.60 Å². The van der Waals surface area contributed by atoms with Gasteiger partial charge in [-0.3, -0.25) is 0 Å². The summed E-state index contributed by atoms with van der Waals surface area (Å²) >= 11 is 0. The maximum Gasteiger partial charge on any atom is 0.410 e. The number of aromatic nitrogens is 1. The van der Waals surface area contributed by atoms with E-state index in [0.29, 0.717) is 36.9 Å². The lowest BCUT2D eigenvalue weighted by Crippen LogP contribution is -2.44. The number of aryl methyl sites for hydroxylation is 1. The van der Waals surface area contributed by atoms with Crippen LogP contribution in [0.25, 0.3) is 0 Å². The molecular weight excluding hydrogens is 336 g/mol. The lowest BCUT2D eigenvalue weighted by atomic mass is 10.1. The van der Waals surface area contributed by atoms with Crippen LogP contribution in [-0.4, -0.2) is 41.4 Å². The van der Waals surface area contributed by atoms with Crippen LogP contribution in [-0.2, 0) is 9.47 Å². The first-order valence-corrected chi connectivity index (χ1v) is 8.60. The normalized spacial score (nSPS) is 17.8. The van der Waals surface area contributed by atoms with Crippen LogP contribution in [0.5, 0.6) is 11.5 Å². The third-order valence-corrected chi connectivity index (χ3v) is 3.88. The van der Waals surface area contributed by atoms with Crippen molar-refractivity contribution in [1.29, 1.82) is 0 Å². The molecule has 0 radical (unpaired) electrons. The Kier molecular flexibility index (Phi) is 5.18. The lowest BCUT2D eigenvalue weighted by Gasteiger charge is -2.34. The van der Waals surface area contributed by atoms with Gasteiger partial charge in [-0.05, 0) is 45.4 Å². The number of morpholine rings is 1. The van der Waals surface area contributed by atoms with Crippen molar-refractivity contribution in [2.45, 2.75) is 39.4 Å². The fourth-order valence-electron chi connectivity index (χ4n) is 2.63. The molecule has 26 heavy (non-hydrogen) atoms. The van der Waals surface area contributed by atoms with Gasteiger partial charge in [-0.25, -0.2) is 4.79 Å².